The van der Waals surface area contributed by atoms with E-state index < -0.39 is 8.60 Å². The highest BCUT2D eigenvalue weighted by Crippen LogP contribution is 2.14. The van der Waals surface area contributed by atoms with E-state index in [0.717, 1.165) is 5.33 Å². The molecule has 0 amide bonds. The summed E-state index contributed by atoms with van der Waals surface area (Å²) in [4.78, 5) is 21.7. The predicted octanol–water partition coefficient (Wildman–Crippen LogP) is 2.46. The van der Waals surface area contributed by atoms with Crippen molar-refractivity contribution in [2.75, 3.05) is 5.33 Å². The fourth-order valence-electron chi connectivity index (χ4n) is 0. The first-order valence-corrected chi connectivity index (χ1v) is 5.04. The van der Waals surface area contributed by atoms with Crippen molar-refractivity contribution in [3.05, 3.63) is 0 Å². The molecule has 0 aliphatic heterocycles. The lowest BCUT2D eigenvalue weighted by Crippen LogP contribution is -2.04. The van der Waals surface area contributed by atoms with E-state index in [9.17, 15) is 0 Å². The van der Waals surface area contributed by atoms with Crippen molar-refractivity contribution in [3.8, 4) is 0 Å². The molecule has 0 saturated heterocycles. The van der Waals surface area contributed by atoms with Gasteiger partial charge in [0, 0.05) is 5.33 Å². The number of rotatable bonds is 0. The molecule has 12 heavy (non-hydrogen) atoms. The number of halogens is 3. The van der Waals surface area contributed by atoms with Gasteiger partial charge in [0.15, 0.2) is 0 Å². The van der Waals surface area contributed by atoms with Crippen LogP contribution in [0.3, 0.4) is 0 Å². The van der Waals surface area contributed by atoms with Gasteiger partial charge in [-0.3, -0.25) is 0 Å². The zero-order valence-electron chi connectivity index (χ0n) is 7.19. The Balaban J connectivity index is -0.0000000483. The molecule has 0 aromatic carbocycles. The molecule has 3 nitrogen and oxygen atoms in total. The summed E-state index contributed by atoms with van der Waals surface area (Å²) in [5, 5.41) is 1.08. The third-order valence-electron chi connectivity index (χ3n) is 0.401. The van der Waals surface area contributed by atoms with Crippen molar-refractivity contribution < 1.29 is 14.7 Å². The third kappa shape index (κ3) is 64.0. The normalized spacial score (nSPS) is 9.00. The minimum absolute atomic E-state index is 0. The second-order valence-corrected chi connectivity index (χ2v) is 4.06. The Hall–Kier alpha value is 1.37. The quantitative estimate of drug-likeness (QED) is 0.476. The summed E-state index contributed by atoms with van der Waals surface area (Å²) in [5.41, 5.74) is 0.458. The van der Waals surface area contributed by atoms with Gasteiger partial charge < -0.3 is 14.7 Å². The molecular formula is C5H16BrCl2O3P. The molecule has 0 aromatic heterocycles. The summed E-state index contributed by atoms with van der Waals surface area (Å²) >= 11 is 3.37. The smallest absolute Gasteiger partial charge is 0.324 e. The highest BCUT2D eigenvalue weighted by atomic mass is 79.9. The zero-order valence-corrected chi connectivity index (χ0v) is 11.3. The molecule has 0 aliphatic rings. The van der Waals surface area contributed by atoms with E-state index in [0.29, 0.717) is 5.41 Å². The third-order valence-corrected chi connectivity index (χ3v) is 2.08. The first kappa shape index (κ1) is 23.3. The minimum Gasteiger partial charge on any atom is -0.328 e. The van der Waals surface area contributed by atoms with Crippen LogP contribution in [0.15, 0.2) is 0 Å². The molecular weight excluding hydrogens is 290 g/mol. The highest BCUT2D eigenvalue weighted by Gasteiger charge is 2.04. The van der Waals surface area contributed by atoms with Gasteiger partial charge in [-0.15, -0.1) is 24.8 Å². The van der Waals surface area contributed by atoms with Gasteiger partial charge in [-0.1, -0.05) is 36.7 Å². The summed E-state index contributed by atoms with van der Waals surface area (Å²) in [6, 6.07) is 0. The molecule has 0 unspecified atom stereocenters. The standard InChI is InChI=1S/C5H11Br.2ClH.H3O3P/c1-5(2,3)4-6;;;1-4(2)3/h4H2,1-3H3;2*1H;1-3H. The van der Waals surface area contributed by atoms with Crippen LogP contribution in [-0.4, -0.2) is 20.0 Å². The average molecular weight is 306 g/mol. The Labute approximate surface area is 95.5 Å². The lowest BCUT2D eigenvalue weighted by atomic mass is 10.0. The van der Waals surface area contributed by atoms with Crippen LogP contribution >= 0.6 is 49.3 Å². The van der Waals surface area contributed by atoms with Crippen molar-refractivity contribution in [2.45, 2.75) is 20.8 Å². The first-order valence-electron chi connectivity index (χ1n) is 2.72. The molecule has 0 bridgehead atoms. The number of alkyl halides is 1. The van der Waals surface area contributed by atoms with Crippen LogP contribution < -0.4 is 0 Å². The van der Waals surface area contributed by atoms with Crippen molar-refractivity contribution in [1.29, 1.82) is 0 Å². The zero-order chi connectivity index (χ0) is 8.78. The fourth-order valence-corrected chi connectivity index (χ4v) is 0. The molecule has 0 aliphatic carbocycles. The van der Waals surface area contributed by atoms with Crippen LogP contribution in [0.1, 0.15) is 20.8 Å². The van der Waals surface area contributed by atoms with Gasteiger partial charge in [0.2, 0.25) is 0 Å². The maximum atomic E-state index is 7.23. The van der Waals surface area contributed by atoms with E-state index in [1.54, 1.807) is 0 Å². The molecule has 3 N–H and O–H groups in total. The molecule has 0 atom stereocenters. The van der Waals surface area contributed by atoms with Gasteiger partial charge in [0.05, 0.1) is 0 Å². The molecule has 7 heteroatoms. The van der Waals surface area contributed by atoms with Gasteiger partial charge in [-0.25, -0.2) is 0 Å². The molecule has 0 fully saturated rings. The molecule has 0 spiro atoms. The molecule has 80 valence electrons. The molecule has 0 aromatic rings. The Morgan fingerprint density at radius 3 is 1.17 bits per heavy atom. The van der Waals surface area contributed by atoms with Crippen LogP contribution in [0, 0.1) is 5.41 Å². The maximum Gasteiger partial charge on any atom is 0.324 e. The van der Waals surface area contributed by atoms with Crippen molar-refractivity contribution >= 4 is 49.3 Å². The Bertz CT molecular complexity index is 76.8. The van der Waals surface area contributed by atoms with Crippen LogP contribution in [0.25, 0.3) is 0 Å². The van der Waals surface area contributed by atoms with E-state index in [4.69, 9.17) is 14.7 Å². The van der Waals surface area contributed by atoms with E-state index in [2.05, 4.69) is 36.7 Å². The number of hydrogen-bond donors (Lipinski definition) is 3. The lowest BCUT2D eigenvalue weighted by Gasteiger charge is -2.11. The topological polar surface area (TPSA) is 60.7 Å². The van der Waals surface area contributed by atoms with Gasteiger partial charge in [-0.05, 0) is 5.41 Å². The van der Waals surface area contributed by atoms with Gasteiger partial charge in [0.1, 0.15) is 0 Å². The molecule has 0 heterocycles. The monoisotopic (exact) mass is 304 g/mol. The van der Waals surface area contributed by atoms with Crippen LogP contribution in [0.5, 0.6) is 0 Å². The highest BCUT2D eigenvalue weighted by molar-refractivity contribution is 9.09. The van der Waals surface area contributed by atoms with Crippen molar-refractivity contribution in [2.24, 2.45) is 5.41 Å². The Morgan fingerprint density at radius 2 is 1.17 bits per heavy atom. The SMILES string of the molecule is CC(C)(C)CBr.Cl.Cl.OP(O)O. The Morgan fingerprint density at radius 1 is 1.08 bits per heavy atom. The van der Waals surface area contributed by atoms with E-state index in [1.807, 2.05) is 0 Å². The lowest BCUT2D eigenvalue weighted by molar-refractivity contribution is 0.368. The van der Waals surface area contributed by atoms with Crippen LogP contribution in [-0.2, 0) is 0 Å². The van der Waals surface area contributed by atoms with Gasteiger partial charge >= 0.3 is 8.60 Å². The van der Waals surface area contributed by atoms with Crippen molar-refractivity contribution in [1.82, 2.24) is 0 Å². The molecule has 0 radical (unpaired) electrons. The summed E-state index contributed by atoms with van der Waals surface area (Å²) in [6.45, 7) is 6.59. The second kappa shape index (κ2) is 12.4. The van der Waals surface area contributed by atoms with Crippen LogP contribution in [0.2, 0.25) is 0 Å². The first-order chi connectivity index (χ1) is 4.29. The maximum absolute atomic E-state index is 7.23. The van der Waals surface area contributed by atoms with E-state index >= 15 is 0 Å². The van der Waals surface area contributed by atoms with Crippen LogP contribution in [0.4, 0.5) is 0 Å². The van der Waals surface area contributed by atoms with E-state index in [1.165, 1.54) is 0 Å². The summed E-state index contributed by atoms with van der Waals surface area (Å²) in [5.74, 6) is 0. The fraction of sp³-hybridized carbons (Fsp3) is 1.00. The summed E-state index contributed by atoms with van der Waals surface area (Å²) in [7, 11) is -2.62. The largest absolute Gasteiger partial charge is 0.328 e. The average Bonchev–Trinajstić information content (AvgIpc) is 1.63. The molecule has 0 saturated carbocycles. The Kier molecular flexibility index (Phi) is 24.0. The summed E-state index contributed by atoms with van der Waals surface area (Å²) < 4.78 is 0. The second-order valence-electron chi connectivity index (χ2n) is 2.96. The van der Waals surface area contributed by atoms with Gasteiger partial charge in [0.25, 0.3) is 0 Å². The molecule has 0 rings (SSSR count). The van der Waals surface area contributed by atoms with E-state index in [-0.39, 0.29) is 24.8 Å². The van der Waals surface area contributed by atoms with Crippen molar-refractivity contribution in [3.63, 3.8) is 0 Å². The van der Waals surface area contributed by atoms with Gasteiger partial charge in [-0.2, -0.15) is 0 Å². The predicted molar refractivity (Wildman–Crippen MR) is 61.3 cm³/mol. The minimum atomic E-state index is -2.62. The summed E-state index contributed by atoms with van der Waals surface area (Å²) in [6.07, 6.45) is 0. The number of hydrogen-bond acceptors (Lipinski definition) is 3.